The Balaban J connectivity index is 2.28. The first kappa shape index (κ1) is 9.15. The lowest BCUT2D eigenvalue weighted by Crippen LogP contribution is -2.00. The summed E-state index contributed by atoms with van der Waals surface area (Å²) in [7, 11) is 1.94. The number of halogens is 1. The van der Waals surface area contributed by atoms with Gasteiger partial charge in [0.05, 0.1) is 0 Å². The summed E-state index contributed by atoms with van der Waals surface area (Å²) in [6, 6.07) is 0. The molecule has 0 aliphatic carbocycles. The topological polar surface area (TPSA) is 43.6 Å². The summed E-state index contributed by atoms with van der Waals surface area (Å²) in [5.41, 5.74) is 0.892. The molecule has 2 heterocycles. The maximum absolute atomic E-state index is 5.91. The summed E-state index contributed by atoms with van der Waals surface area (Å²) in [4.78, 5) is 12.0. The van der Waals surface area contributed by atoms with Crippen LogP contribution in [0, 0.1) is 0 Å². The molecule has 14 heavy (non-hydrogen) atoms. The van der Waals surface area contributed by atoms with Crippen LogP contribution in [-0.2, 0) is 13.5 Å². The van der Waals surface area contributed by atoms with Crippen LogP contribution < -0.4 is 0 Å². The Hall–Kier alpha value is -1.42. The van der Waals surface area contributed by atoms with Gasteiger partial charge in [0.1, 0.15) is 17.3 Å². The largest absolute Gasteiger partial charge is 0.338 e. The van der Waals surface area contributed by atoms with E-state index in [1.165, 1.54) is 6.33 Å². The number of aromatic nitrogens is 4. The average molecular weight is 209 g/mol. The van der Waals surface area contributed by atoms with E-state index in [4.69, 9.17) is 11.6 Å². The number of nitrogens with zero attached hydrogens (tertiary/aromatic N) is 4. The van der Waals surface area contributed by atoms with Gasteiger partial charge < -0.3 is 4.57 Å². The minimum atomic E-state index is 0.489. The smallest absolute Gasteiger partial charge is 0.136 e. The molecule has 0 amide bonds. The summed E-state index contributed by atoms with van der Waals surface area (Å²) >= 11 is 5.91. The second kappa shape index (κ2) is 3.75. The van der Waals surface area contributed by atoms with E-state index in [1.807, 2.05) is 17.8 Å². The quantitative estimate of drug-likeness (QED) is 0.702. The van der Waals surface area contributed by atoms with Crippen molar-refractivity contribution in [3.05, 3.63) is 41.5 Å². The molecular formula is C9H9ClN4. The minimum Gasteiger partial charge on any atom is -0.338 e. The third-order valence-corrected chi connectivity index (χ3v) is 2.34. The molecule has 4 nitrogen and oxygen atoms in total. The second-order valence-electron chi connectivity index (χ2n) is 2.97. The van der Waals surface area contributed by atoms with Crippen LogP contribution in [-0.4, -0.2) is 19.5 Å². The first-order valence-electron chi connectivity index (χ1n) is 4.18. The van der Waals surface area contributed by atoms with E-state index in [1.54, 1.807) is 12.4 Å². The molecule has 0 aliphatic rings. The van der Waals surface area contributed by atoms with Gasteiger partial charge in [0, 0.05) is 37.6 Å². The van der Waals surface area contributed by atoms with Crippen molar-refractivity contribution in [2.45, 2.75) is 6.42 Å². The third-order valence-electron chi connectivity index (χ3n) is 2.00. The van der Waals surface area contributed by atoms with Gasteiger partial charge in [-0.3, -0.25) is 0 Å². The van der Waals surface area contributed by atoms with E-state index in [-0.39, 0.29) is 0 Å². The molecule has 72 valence electrons. The Bertz CT molecular complexity index is 438. The maximum Gasteiger partial charge on any atom is 0.136 e. The predicted molar refractivity (Wildman–Crippen MR) is 53.1 cm³/mol. The summed E-state index contributed by atoms with van der Waals surface area (Å²) < 4.78 is 1.95. The van der Waals surface area contributed by atoms with Crippen molar-refractivity contribution in [1.29, 1.82) is 0 Å². The first-order chi connectivity index (χ1) is 6.77. The predicted octanol–water partition coefficient (Wildman–Crippen LogP) is 1.45. The van der Waals surface area contributed by atoms with Crippen molar-refractivity contribution in [2.24, 2.45) is 7.05 Å². The van der Waals surface area contributed by atoms with Gasteiger partial charge in [-0.05, 0) is 0 Å². The van der Waals surface area contributed by atoms with Gasteiger partial charge in [-0.1, -0.05) is 11.6 Å². The number of aryl methyl sites for hydroxylation is 1. The Morgan fingerprint density at radius 1 is 1.43 bits per heavy atom. The van der Waals surface area contributed by atoms with E-state index < -0.39 is 0 Å². The van der Waals surface area contributed by atoms with Crippen LogP contribution in [0.15, 0.2) is 24.9 Å². The van der Waals surface area contributed by atoms with Crippen LogP contribution in [0.5, 0.6) is 0 Å². The zero-order valence-corrected chi connectivity index (χ0v) is 8.44. The van der Waals surface area contributed by atoms with E-state index in [0.717, 1.165) is 11.4 Å². The van der Waals surface area contributed by atoms with Gasteiger partial charge >= 0.3 is 0 Å². The van der Waals surface area contributed by atoms with E-state index in [2.05, 4.69) is 15.0 Å². The fraction of sp³-hybridized carbons (Fsp3) is 0.222. The fourth-order valence-corrected chi connectivity index (χ4v) is 1.36. The van der Waals surface area contributed by atoms with Gasteiger partial charge in [-0.25, -0.2) is 15.0 Å². The molecule has 0 N–H and O–H groups in total. The molecular weight excluding hydrogens is 200 g/mol. The van der Waals surface area contributed by atoms with Gasteiger partial charge in [-0.2, -0.15) is 0 Å². The summed E-state index contributed by atoms with van der Waals surface area (Å²) in [6.07, 6.45) is 7.46. The molecule has 0 bridgehead atoms. The van der Waals surface area contributed by atoms with Crippen molar-refractivity contribution < 1.29 is 0 Å². The molecule has 0 spiro atoms. The van der Waals surface area contributed by atoms with Gasteiger partial charge in [0.2, 0.25) is 0 Å². The molecule has 5 heteroatoms. The highest BCUT2D eigenvalue weighted by Gasteiger charge is 2.05. The van der Waals surface area contributed by atoms with Crippen LogP contribution in [0.4, 0.5) is 0 Å². The lowest BCUT2D eigenvalue weighted by Gasteiger charge is -2.02. The minimum absolute atomic E-state index is 0.489. The van der Waals surface area contributed by atoms with Crippen molar-refractivity contribution in [3.63, 3.8) is 0 Å². The molecule has 0 aromatic carbocycles. The molecule has 2 aromatic rings. The number of rotatable bonds is 2. The van der Waals surface area contributed by atoms with Crippen LogP contribution >= 0.6 is 11.6 Å². The highest BCUT2D eigenvalue weighted by Crippen LogP contribution is 2.13. The summed E-state index contributed by atoms with van der Waals surface area (Å²) in [6.45, 7) is 0. The zero-order chi connectivity index (χ0) is 9.97. The van der Waals surface area contributed by atoms with Crippen molar-refractivity contribution in [3.8, 4) is 0 Å². The number of imidazole rings is 1. The van der Waals surface area contributed by atoms with Gasteiger partial charge in [0.25, 0.3) is 0 Å². The van der Waals surface area contributed by atoms with Gasteiger partial charge in [-0.15, -0.1) is 0 Å². The Kier molecular flexibility index (Phi) is 2.45. The van der Waals surface area contributed by atoms with E-state index in [0.29, 0.717) is 11.6 Å². The lowest BCUT2D eigenvalue weighted by molar-refractivity contribution is 0.817. The third kappa shape index (κ3) is 1.75. The molecule has 0 saturated heterocycles. The Labute approximate surface area is 86.6 Å². The highest BCUT2D eigenvalue weighted by molar-refractivity contribution is 6.30. The van der Waals surface area contributed by atoms with Crippen LogP contribution in [0.25, 0.3) is 0 Å². The maximum atomic E-state index is 5.91. The zero-order valence-electron chi connectivity index (χ0n) is 7.68. The molecule has 0 atom stereocenters. The second-order valence-corrected chi connectivity index (χ2v) is 3.33. The number of hydrogen-bond donors (Lipinski definition) is 0. The molecule has 2 aromatic heterocycles. The fourth-order valence-electron chi connectivity index (χ4n) is 1.20. The molecule has 0 aliphatic heterocycles. The molecule has 0 fully saturated rings. The van der Waals surface area contributed by atoms with E-state index in [9.17, 15) is 0 Å². The molecule has 0 saturated carbocycles. The lowest BCUT2D eigenvalue weighted by atomic mass is 10.2. The average Bonchev–Trinajstić information content (AvgIpc) is 2.56. The molecule has 0 radical (unpaired) electrons. The first-order valence-corrected chi connectivity index (χ1v) is 4.56. The van der Waals surface area contributed by atoms with Crippen LogP contribution in [0.3, 0.4) is 0 Å². The monoisotopic (exact) mass is 208 g/mol. The Morgan fingerprint density at radius 2 is 2.29 bits per heavy atom. The summed E-state index contributed by atoms with van der Waals surface area (Å²) in [5, 5.41) is 0.489. The van der Waals surface area contributed by atoms with Crippen molar-refractivity contribution in [2.75, 3.05) is 0 Å². The Morgan fingerprint density at radius 3 is 2.93 bits per heavy atom. The van der Waals surface area contributed by atoms with Crippen LogP contribution in [0.2, 0.25) is 5.15 Å². The standard InChI is InChI=1S/C9H9ClN4/c1-14-3-2-12-8(14)4-7-5-11-6-13-9(7)10/h2-3,5-6H,4H2,1H3. The SMILES string of the molecule is Cn1ccnc1Cc1cncnc1Cl. The molecule has 2 rings (SSSR count). The summed E-state index contributed by atoms with van der Waals surface area (Å²) in [5.74, 6) is 0.946. The normalized spacial score (nSPS) is 10.4. The number of hydrogen-bond acceptors (Lipinski definition) is 3. The molecule has 0 unspecified atom stereocenters. The van der Waals surface area contributed by atoms with Crippen molar-refractivity contribution in [1.82, 2.24) is 19.5 Å². The van der Waals surface area contributed by atoms with Crippen LogP contribution in [0.1, 0.15) is 11.4 Å². The van der Waals surface area contributed by atoms with E-state index >= 15 is 0 Å². The van der Waals surface area contributed by atoms with Gasteiger partial charge in [0.15, 0.2) is 0 Å². The van der Waals surface area contributed by atoms with Crippen molar-refractivity contribution >= 4 is 11.6 Å². The highest BCUT2D eigenvalue weighted by atomic mass is 35.5.